The van der Waals surface area contributed by atoms with Gasteiger partial charge in [-0.15, -0.1) is 0 Å². The molecule has 2 heterocycles. The first-order chi connectivity index (χ1) is 13.9. The van der Waals surface area contributed by atoms with Crippen molar-refractivity contribution < 1.29 is 23.5 Å². The molecule has 0 atom stereocenters. The van der Waals surface area contributed by atoms with E-state index in [0.29, 0.717) is 34.3 Å². The Morgan fingerprint density at radius 3 is 2.34 bits per heavy atom. The third-order valence-corrected chi connectivity index (χ3v) is 4.02. The third-order valence-electron chi connectivity index (χ3n) is 4.02. The fourth-order valence-electron chi connectivity index (χ4n) is 2.69. The molecule has 1 amide bonds. The molecule has 0 unspecified atom stereocenters. The largest absolute Gasteiger partial charge is 0.493 e. The molecular formula is C19H20N4O6. The molecule has 1 N–H and O–H groups in total. The van der Waals surface area contributed by atoms with Crippen LogP contribution in [0, 0.1) is 6.92 Å². The first-order valence-corrected chi connectivity index (χ1v) is 8.57. The van der Waals surface area contributed by atoms with E-state index in [9.17, 15) is 9.59 Å². The van der Waals surface area contributed by atoms with E-state index in [1.54, 1.807) is 31.2 Å². The average Bonchev–Trinajstić information content (AvgIpc) is 3.12. The molecule has 152 valence electrons. The number of methoxy groups -OCH3 is 3. The highest BCUT2D eigenvalue weighted by atomic mass is 16.5. The zero-order valence-corrected chi connectivity index (χ0v) is 16.4. The fourth-order valence-corrected chi connectivity index (χ4v) is 2.69. The Morgan fingerprint density at radius 1 is 1.10 bits per heavy atom. The predicted octanol–water partition coefficient (Wildman–Crippen LogP) is 1.87. The van der Waals surface area contributed by atoms with E-state index in [1.807, 2.05) is 0 Å². The first kappa shape index (κ1) is 19.9. The number of anilines is 1. The number of hydrogen-bond acceptors (Lipinski definition) is 8. The van der Waals surface area contributed by atoms with Crippen LogP contribution in [-0.2, 0) is 11.3 Å². The average molecular weight is 400 g/mol. The smallest absolute Gasteiger partial charge is 0.267 e. The van der Waals surface area contributed by atoms with Crippen LogP contribution in [0.5, 0.6) is 17.2 Å². The molecule has 0 saturated carbocycles. The summed E-state index contributed by atoms with van der Waals surface area (Å²) in [5, 5.41) is 10.5. The fraction of sp³-hybridized carbons (Fsp3) is 0.263. The molecule has 0 spiro atoms. The number of nitrogens with zero attached hydrogens (tertiary/aromatic N) is 3. The summed E-state index contributed by atoms with van der Waals surface area (Å²) in [7, 11) is 4.52. The van der Waals surface area contributed by atoms with Crippen LogP contribution in [0.15, 0.2) is 39.6 Å². The number of hydrogen-bond donors (Lipinski definition) is 1. The van der Waals surface area contributed by atoms with Crippen LogP contribution in [0.1, 0.15) is 5.76 Å². The molecule has 2 aromatic heterocycles. The molecule has 0 aliphatic carbocycles. The van der Waals surface area contributed by atoms with Crippen LogP contribution >= 0.6 is 0 Å². The molecule has 0 bridgehead atoms. The maximum absolute atomic E-state index is 12.2. The number of rotatable bonds is 7. The standard InChI is InChI=1S/C19H20N4O6/c1-11-7-16(22-29-11)20-17(24)10-23-18(25)6-5-13(21-23)12-8-14(26-2)19(28-4)15(9-12)27-3/h5-9H,10H2,1-4H3,(H,20,22,24). The van der Waals surface area contributed by atoms with Crippen molar-refractivity contribution in [2.24, 2.45) is 0 Å². The number of aryl methyl sites for hydroxylation is 1. The van der Waals surface area contributed by atoms with Crippen molar-refractivity contribution in [2.75, 3.05) is 26.6 Å². The number of carbonyl (C=O) groups is 1. The Hall–Kier alpha value is -3.82. The minimum absolute atomic E-state index is 0.265. The summed E-state index contributed by atoms with van der Waals surface area (Å²) < 4.78 is 22.0. The van der Waals surface area contributed by atoms with Gasteiger partial charge in [0.15, 0.2) is 17.3 Å². The van der Waals surface area contributed by atoms with E-state index >= 15 is 0 Å². The lowest BCUT2D eigenvalue weighted by molar-refractivity contribution is -0.117. The van der Waals surface area contributed by atoms with Crippen molar-refractivity contribution in [3.8, 4) is 28.5 Å². The van der Waals surface area contributed by atoms with Gasteiger partial charge in [-0.25, -0.2) is 4.68 Å². The van der Waals surface area contributed by atoms with E-state index in [-0.39, 0.29) is 12.4 Å². The number of benzene rings is 1. The Balaban J connectivity index is 1.90. The molecule has 0 saturated heterocycles. The maximum Gasteiger partial charge on any atom is 0.267 e. The first-order valence-electron chi connectivity index (χ1n) is 8.57. The highest BCUT2D eigenvalue weighted by Crippen LogP contribution is 2.40. The number of ether oxygens (including phenoxy) is 3. The normalized spacial score (nSPS) is 10.5. The van der Waals surface area contributed by atoms with Crippen molar-refractivity contribution in [1.82, 2.24) is 14.9 Å². The molecule has 0 aliphatic heterocycles. The van der Waals surface area contributed by atoms with E-state index in [4.69, 9.17) is 18.7 Å². The van der Waals surface area contributed by atoms with Crippen LogP contribution in [0.25, 0.3) is 11.3 Å². The molecule has 1 aromatic carbocycles. The molecule has 10 heteroatoms. The molecule has 0 aliphatic rings. The molecule has 0 fully saturated rings. The van der Waals surface area contributed by atoms with Crippen molar-refractivity contribution >= 4 is 11.7 Å². The third kappa shape index (κ3) is 4.37. The van der Waals surface area contributed by atoms with Gasteiger partial charge in [-0.1, -0.05) is 5.16 Å². The second kappa shape index (κ2) is 8.46. The lowest BCUT2D eigenvalue weighted by Crippen LogP contribution is -2.29. The van der Waals surface area contributed by atoms with E-state index < -0.39 is 11.5 Å². The highest BCUT2D eigenvalue weighted by Gasteiger charge is 2.16. The summed E-state index contributed by atoms with van der Waals surface area (Å²) in [5.41, 5.74) is 0.655. The van der Waals surface area contributed by atoms with Gasteiger partial charge < -0.3 is 24.1 Å². The number of nitrogens with one attached hydrogen (secondary N) is 1. The van der Waals surface area contributed by atoms with E-state index in [0.717, 1.165) is 4.68 Å². The minimum Gasteiger partial charge on any atom is -0.493 e. The van der Waals surface area contributed by atoms with Crippen LogP contribution < -0.4 is 25.1 Å². The lowest BCUT2D eigenvalue weighted by Gasteiger charge is -2.14. The van der Waals surface area contributed by atoms with Gasteiger partial charge in [0, 0.05) is 17.7 Å². The summed E-state index contributed by atoms with van der Waals surface area (Å²) in [6.07, 6.45) is 0. The van der Waals surface area contributed by atoms with Gasteiger partial charge in [0.25, 0.3) is 5.56 Å². The zero-order chi connectivity index (χ0) is 21.0. The molecule has 0 radical (unpaired) electrons. The van der Waals surface area contributed by atoms with E-state index in [2.05, 4.69) is 15.6 Å². The van der Waals surface area contributed by atoms with Crippen LogP contribution in [-0.4, -0.2) is 42.2 Å². The predicted molar refractivity (Wildman–Crippen MR) is 103 cm³/mol. The molecule has 10 nitrogen and oxygen atoms in total. The summed E-state index contributed by atoms with van der Waals surface area (Å²) in [5.74, 6) is 1.69. The number of carbonyl (C=O) groups excluding carboxylic acids is 1. The molecule has 3 rings (SSSR count). The van der Waals surface area contributed by atoms with Gasteiger partial charge >= 0.3 is 0 Å². The SMILES string of the molecule is COc1cc(-c2ccc(=O)n(CC(=O)Nc3cc(C)on3)n2)cc(OC)c1OC. The Kier molecular flexibility index (Phi) is 5.82. The highest BCUT2D eigenvalue weighted by molar-refractivity contribution is 5.89. The van der Waals surface area contributed by atoms with Gasteiger partial charge in [-0.05, 0) is 25.1 Å². The quantitative estimate of drug-likeness (QED) is 0.639. The molecule has 3 aromatic rings. The minimum atomic E-state index is -0.463. The van der Waals surface area contributed by atoms with Crippen molar-refractivity contribution in [1.29, 1.82) is 0 Å². The second-order valence-electron chi connectivity index (χ2n) is 6.00. The van der Waals surface area contributed by atoms with Crippen LogP contribution in [0.2, 0.25) is 0 Å². The van der Waals surface area contributed by atoms with Gasteiger partial charge in [-0.2, -0.15) is 5.10 Å². The van der Waals surface area contributed by atoms with Gasteiger partial charge in [0.1, 0.15) is 12.3 Å². The van der Waals surface area contributed by atoms with Gasteiger partial charge in [0.2, 0.25) is 11.7 Å². The number of amides is 1. The summed E-state index contributed by atoms with van der Waals surface area (Å²) in [6, 6.07) is 7.87. The second-order valence-corrected chi connectivity index (χ2v) is 6.00. The Morgan fingerprint density at radius 2 is 1.79 bits per heavy atom. The summed E-state index contributed by atoms with van der Waals surface area (Å²) in [6.45, 7) is 1.42. The van der Waals surface area contributed by atoms with Crippen molar-refractivity contribution in [3.05, 3.63) is 46.4 Å². The van der Waals surface area contributed by atoms with Gasteiger partial charge in [0.05, 0.1) is 27.0 Å². The van der Waals surface area contributed by atoms with Gasteiger partial charge in [-0.3, -0.25) is 9.59 Å². The summed E-state index contributed by atoms with van der Waals surface area (Å²) >= 11 is 0. The number of aromatic nitrogens is 3. The Labute approximate surface area is 166 Å². The topological polar surface area (TPSA) is 118 Å². The lowest BCUT2D eigenvalue weighted by atomic mass is 10.1. The zero-order valence-electron chi connectivity index (χ0n) is 16.4. The Bertz CT molecular complexity index is 1060. The van der Waals surface area contributed by atoms with Crippen molar-refractivity contribution in [3.63, 3.8) is 0 Å². The van der Waals surface area contributed by atoms with E-state index in [1.165, 1.54) is 27.4 Å². The van der Waals surface area contributed by atoms with Crippen molar-refractivity contribution in [2.45, 2.75) is 13.5 Å². The van der Waals surface area contributed by atoms with Crippen LogP contribution in [0.3, 0.4) is 0 Å². The monoisotopic (exact) mass is 400 g/mol. The maximum atomic E-state index is 12.2. The summed E-state index contributed by atoms with van der Waals surface area (Å²) in [4.78, 5) is 24.4. The molecule has 29 heavy (non-hydrogen) atoms. The van der Waals surface area contributed by atoms with Crippen LogP contribution in [0.4, 0.5) is 5.82 Å². The molecular weight excluding hydrogens is 380 g/mol.